The number of primary amides is 1. The Morgan fingerprint density at radius 3 is 2.63 bits per heavy atom. The molecule has 5 nitrogen and oxygen atoms in total. The fourth-order valence-corrected chi connectivity index (χ4v) is 2.88. The van der Waals surface area contributed by atoms with Crippen LogP contribution in [0.4, 0.5) is 5.69 Å². The Morgan fingerprint density at radius 1 is 1.42 bits per heavy atom. The molecule has 0 aliphatic carbocycles. The average molecular weight is 277 g/mol. The zero-order valence-corrected chi connectivity index (χ0v) is 11.6. The summed E-state index contributed by atoms with van der Waals surface area (Å²) in [5, 5.41) is 0.145. The highest BCUT2D eigenvalue weighted by atomic mass is 32.2. The SMILES string of the molecule is Cc1ccc(N=C2SC(CC(N)=O)C(=O)N2C)cc1. The lowest BCUT2D eigenvalue weighted by molar-refractivity contribution is -0.127. The molecular formula is C13H15N3O2S. The maximum absolute atomic E-state index is 11.9. The van der Waals surface area contributed by atoms with E-state index in [2.05, 4.69) is 4.99 Å². The smallest absolute Gasteiger partial charge is 0.242 e. The van der Waals surface area contributed by atoms with E-state index in [9.17, 15) is 9.59 Å². The Morgan fingerprint density at radius 2 is 2.05 bits per heavy atom. The van der Waals surface area contributed by atoms with Gasteiger partial charge in [-0.15, -0.1) is 0 Å². The van der Waals surface area contributed by atoms with E-state index in [0.717, 1.165) is 11.3 Å². The molecule has 1 fully saturated rings. The second kappa shape index (κ2) is 5.44. The quantitative estimate of drug-likeness (QED) is 0.908. The highest BCUT2D eigenvalue weighted by Gasteiger charge is 2.36. The zero-order chi connectivity index (χ0) is 14.0. The van der Waals surface area contributed by atoms with Crippen LogP contribution < -0.4 is 5.73 Å². The van der Waals surface area contributed by atoms with Crippen molar-refractivity contribution in [2.24, 2.45) is 10.7 Å². The van der Waals surface area contributed by atoms with Gasteiger partial charge in [-0.05, 0) is 19.1 Å². The van der Waals surface area contributed by atoms with Crippen LogP contribution >= 0.6 is 11.8 Å². The standard InChI is InChI=1S/C13H15N3O2S/c1-8-3-5-9(6-4-8)15-13-16(2)12(18)10(19-13)7-11(14)17/h3-6,10H,7H2,1-2H3,(H2,14,17). The number of thioether (sulfide) groups is 1. The normalized spacial score (nSPS) is 21.2. The van der Waals surface area contributed by atoms with Crippen molar-refractivity contribution >= 4 is 34.4 Å². The van der Waals surface area contributed by atoms with E-state index in [1.54, 1.807) is 7.05 Å². The molecule has 2 amide bonds. The van der Waals surface area contributed by atoms with E-state index in [1.807, 2.05) is 31.2 Å². The lowest BCUT2D eigenvalue weighted by Crippen LogP contribution is -2.30. The molecule has 1 aliphatic rings. The van der Waals surface area contributed by atoms with Crippen molar-refractivity contribution in [3.63, 3.8) is 0 Å². The summed E-state index contributed by atoms with van der Waals surface area (Å²) in [6, 6.07) is 7.70. The number of hydrogen-bond acceptors (Lipinski definition) is 4. The minimum Gasteiger partial charge on any atom is -0.370 e. The van der Waals surface area contributed by atoms with Gasteiger partial charge in [0.1, 0.15) is 5.25 Å². The molecule has 1 heterocycles. The van der Waals surface area contributed by atoms with Crippen molar-refractivity contribution in [1.82, 2.24) is 4.90 Å². The Kier molecular flexibility index (Phi) is 3.90. The molecule has 2 N–H and O–H groups in total. The summed E-state index contributed by atoms with van der Waals surface area (Å²) < 4.78 is 0. The predicted molar refractivity (Wildman–Crippen MR) is 76.2 cm³/mol. The first-order valence-electron chi connectivity index (χ1n) is 5.85. The van der Waals surface area contributed by atoms with E-state index >= 15 is 0 Å². The van der Waals surface area contributed by atoms with Gasteiger partial charge < -0.3 is 5.73 Å². The second-order valence-corrected chi connectivity index (χ2v) is 5.57. The molecule has 1 atom stereocenters. The van der Waals surface area contributed by atoms with Crippen LogP contribution in [0.15, 0.2) is 29.3 Å². The molecule has 1 aromatic rings. The van der Waals surface area contributed by atoms with Gasteiger partial charge in [0.15, 0.2) is 5.17 Å². The van der Waals surface area contributed by atoms with E-state index < -0.39 is 11.2 Å². The molecule has 19 heavy (non-hydrogen) atoms. The van der Waals surface area contributed by atoms with Crippen LogP contribution in [-0.4, -0.2) is 34.2 Å². The largest absolute Gasteiger partial charge is 0.370 e. The summed E-state index contributed by atoms with van der Waals surface area (Å²) >= 11 is 1.28. The van der Waals surface area contributed by atoms with Gasteiger partial charge in [0.05, 0.1) is 5.69 Å². The van der Waals surface area contributed by atoms with Gasteiger partial charge in [0.25, 0.3) is 0 Å². The van der Waals surface area contributed by atoms with Crippen LogP contribution in [0.2, 0.25) is 0 Å². The third-order valence-corrected chi connectivity index (χ3v) is 4.01. The highest BCUT2D eigenvalue weighted by Crippen LogP contribution is 2.30. The number of amides is 2. The predicted octanol–water partition coefficient (Wildman–Crippen LogP) is 1.43. The van der Waals surface area contributed by atoms with E-state index in [0.29, 0.717) is 5.17 Å². The maximum atomic E-state index is 11.9. The van der Waals surface area contributed by atoms with Gasteiger partial charge in [-0.25, -0.2) is 4.99 Å². The third kappa shape index (κ3) is 3.14. The summed E-state index contributed by atoms with van der Waals surface area (Å²) in [6.07, 6.45) is 0.0424. The summed E-state index contributed by atoms with van der Waals surface area (Å²) in [5.74, 6) is -0.606. The average Bonchev–Trinajstić information content (AvgIpc) is 2.60. The lowest BCUT2D eigenvalue weighted by Gasteiger charge is -2.08. The maximum Gasteiger partial charge on any atom is 0.242 e. The number of benzene rings is 1. The van der Waals surface area contributed by atoms with Crippen LogP contribution in [0.3, 0.4) is 0 Å². The van der Waals surface area contributed by atoms with Crippen molar-refractivity contribution in [2.75, 3.05) is 7.05 Å². The van der Waals surface area contributed by atoms with Gasteiger partial charge >= 0.3 is 0 Å². The van der Waals surface area contributed by atoms with Gasteiger partial charge in [-0.3, -0.25) is 14.5 Å². The first-order chi connectivity index (χ1) is 8.97. The molecular weight excluding hydrogens is 262 g/mol. The Hall–Kier alpha value is -1.82. The first kappa shape index (κ1) is 13.6. The van der Waals surface area contributed by atoms with Crippen LogP contribution in [0.25, 0.3) is 0 Å². The third-order valence-electron chi connectivity index (χ3n) is 2.79. The van der Waals surface area contributed by atoms with Crippen molar-refractivity contribution in [3.05, 3.63) is 29.8 Å². The molecule has 1 saturated heterocycles. The molecule has 0 aromatic heterocycles. The molecule has 1 aromatic carbocycles. The molecule has 6 heteroatoms. The Bertz CT molecular complexity index is 539. The molecule has 0 radical (unpaired) electrons. The van der Waals surface area contributed by atoms with Gasteiger partial charge in [-0.2, -0.15) is 0 Å². The first-order valence-corrected chi connectivity index (χ1v) is 6.73. The number of rotatable bonds is 3. The van der Waals surface area contributed by atoms with E-state index in [4.69, 9.17) is 5.73 Å². The number of nitrogens with two attached hydrogens (primary N) is 1. The molecule has 1 aliphatic heterocycles. The fourth-order valence-electron chi connectivity index (χ4n) is 1.71. The zero-order valence-electron chi connectivity index (χ0n) is 10.8. The van der Waals surface area contributed by atoms with Gasteiger partial charge in [0, 0.05) is 13.5 Å². The minimum atomic E-state index is -0.476. The van der Waals surface area contributed by atoms with E-state index in [1.165, 1.54) is 16.7 Å². The highest BCUT2D eigenvalue weighted by molar-refractivity contribution is 8.15. The number of aliphatic imine (C=N–C) groups is 1. The fraction of sp³-hybridized carbons (Fsp3) is 0.308. The number of amidine groups is 1. The molecule has 0 bridgehead atoms. The van der Waals surface area contributed by atoms with Crippen LogP contribution in [0.5, 0.6) is 0 Å². The lowest BCUT2D eigenvalue weighted by atomic mass is 10.2. The number of aryl methyl sites for hydroxylation is 1. The molecule has 100 valence electrons. The summed E-state index contributed by atoms with van der Waals surface area (Å²) in [7, 11) is 1.66. The van der Waals surface area contributed by atoms with Crippen molar-refractivity contribution in [3.8, 4) is 0 Å². The van der Waals surface area contributed by atoms with Crippen molar-refractivity contribution < 1.29 is 9.59 Å². The number of nitrogens with zero attached hydrogens (tertiary/aromatic N) is 2. The Balaban J connectivity index is 2.19. The molecule has 1 unspecified atom stereocenters. The number of carbonyl (C=O) groups is 2. The minimum absolute atomic E-state index is 0.0424. The molecule has 0 saturated carbocycles. The second-order valence-electron chi connectivity index (χ2n) is 4.40. The number of carbonyl (C=O) groups excluding carboxylic acids is 2. The Labute approximate surface area is 115 Å². The molecule has 0 spiro atoms. The number of hydrogen-bond donors (Lipinski definition) is 1. The van der Waals surface area contributed by atoms with Crippen molar-refractivity contribution in [1.29, 1.82) is 0 Å². The van der Waals surface area contributed by atoms with Gasteiger partial charge in [-0.1, -0.05) is 29.5 Å². The summed E-state index contributed by atoms with van der Waals surface area (Å²) in [5.41, 5.74) is 7.07. The van der Waals surface area contributed by atoms with Gasteiger partial charge in [0.2, 0.25) is 11.8 Å². The summed E-state index contributed by atoms with van der Waals surface area (Å²) in [4.78, 5) is 28.7. The topological polar surface area (TPSA) is 75.8 Å². The van der Waals surface area contributed by atoms with Crippen molar-refractivity contribution in [2.45, 2.75) is 18.6 Å². The van der Waals surface area contributed by atoms with Crippen LogP contribution in [0, 0.1) is 6.92 Å². The van der Waals surface area contributed by atoms with Crippen LogP contribution in [-0.2, 0) is 9.59 Å². The van der Waals surface area contributed by atoms with E-state index in [-0.39, 0.29) is 12.3 Å². The summed E-state index contributed by atoms with van der Waals surface area (Å²) in [6.45, 7) is 2.00. The van der Waals surface area contributed by atoms with Crippen LogP contribution in [0.1, 0.15) is 12.0 Å². The monoisotopic (exact) mass is 277 g/mol. The molecule has 2 rings (SSSR count).